The number of esters is 1. The molecule has 178 valence electrons. The number of benzene rings is 2. The fraction of sp³-hybridized carbons (Fsp3) is 0.308. The van der Waals surface area contributed by atoms with Gasteiger partial charge >= 0.3 is 5.97 Å². The number of thiophene rings is 1. The third-order valence-corrected chi connectivity index (χ3v) is 7.54. The zero-order valence-corrected chi connectivity index (χ0v) is 21.9. The number of rotatable bonds is 5. The molecule has 0 amide bonds. The lowest BCUT2D eigenvalue weighted by Crippen LogP contribution is -2.50. The van der Waals surface area contributed by atoms with Gasteiger partial charge in [0, 0.05) is 47.3 Å². The van der Waals surface area contributed by atoms with Gasteiger partial charge < -0.3 is 19.9 Å². The predicted molar refractivity (Wildman–Crippen MR) is 147 cm³/mol. The van der Waals surface area contributed by atoms with E-state index in [0.29, 0.717) is 17.3 Å². The summed E-state index contributed by atoms with van der Waals surface area (Å²) in [6.07, 6.45) is 0. The van der Waals surface area contributed by atoms with Crippen LogP contribution in [0.1, 0.15) is 27.7 Å². The molecule has 8 heteroatoms. The molecular formula is C26H28ClN3O2S2. The minimum absolute atomic E-state index is 0.316. The van der Waals surface area contributed by atoms with Crippen molar-refractivity contribution < 1.29 is 9.53 Å². The number of piperazine rings is 1. The Morgan fingerprint density at radius 3 is 2.50 bits per heavy atom. The molecule has 2 heterocycles. The first-order chi connectivity index (χ1) is 16.4. The van der Waals surface area contributed by atoms with E-state index in [2.05, 4.69) is 28.1 Å². The average molecular weight is 514 g/mol. The summed E-state index contributed by atoms with van der Waals surface area (Å²) in [5, 5.41) is 5.45. The molecule has 0 aliphatic carbocycles. The maximum absolute atomic E-state index is 13.0. The van der Waals surface area contributed by atoms with Crippen molar-refractivity contribution in [2.45, 2.75) is 20.8 Å². The number of halogens is 1. The van der Waals surface area contributed by atoms with E-state index in [4.69, 9.17) is 28.6 Å². The second-order valence-corrected chi connectivity index (χ2v) is 10.2. The first-order valence-electron chi connectivity index (χ1n) is 11.3. The van der Waals surface area contributed by atoms with E-state index < -0.39 is 0 Å². The molecule has 1 fully saturated rings. The van der Waals surface area contributed by atoms with Gasteiger partial charge in [-0.1, -0.05) is 48.0 Å². The zero-order chi connectivity index (χ0) is 24.2. The molecule has 1 aliphatic rings. The second kappa shape index (κ2) is 10.8. The number of thiocarbonyl (C=S) groups is 1. The van der Waals surface area contributed by atoms with Gasteiger partial charge in [0.2, 0.25) is 0 Å². The van der Waals surface area contributed by atoms with Gasteiger partial charge in [-0.15, -0.1) is 11.3 Å². The molecule has 1 N–H and O–H groups in total. The highest BCUT2D eigenvalue weighted by molar-refractivity contribution is 7.80. The lowest BCUT2D eigenvalue weighted by molar-refractivity contribution is 0.0529. The van der Waals surface area contributed by atoms with Gasteiger partial charge in [0.1, 0.15) is 10.6 Å². The van der Waals surface area contributed by atoms with Crippen molar-refractivity contribution >= 4 is 56.9 Å². The van der Waals surface area contributed by atoms with Crippen molar-refractivity contribution in [1.82, 2.24) is 4.90 Å². The third-order valence-electron chi connectivity index (χ3n) is 5.93. The van der Waals surface area contributed by atoms with E-state index in [1.807, 2.05) is 56.3 Å². The Balaban J connectivity index is 1.52. The first-order valence-corrected chi connectivity index (χ1v) is 12.9. The standard InChI is InChI=1S/C26H28ClN3O2S2/c1-4-32-25(31)23-22(19-8-6-5-7-9-19)18(3)34-24(23)28-26(33)30-14-12-29(13-15-30)21-16-20(27)11-10-17(21)2/h5-11,16H,4,12-15H2,1-3H3,(H,28,33). The number of ether oxygens (including phenoxy) is 1. The normalized spacial score (nSPS) is 13.6. The van der Waals surface area contributed by atoms with Crippen molar-refractivity contribution in [3.8, 4) is 11.1 Å². The van der Waals surface area contributed by atoms with Crippen LogP contribution < -0.4 is 10.2 Å². The van der Waals surface area contributed by atoms with Crippen LogP contribution in [0.15, 0.2) is 48.5 Å². The molecule has 1 saturated heterocycles. The molecule has 0 saturated carbocycles. The molecule has 34 heavy (non-hydrogen) atoms. The lowest BCUT2D eigenvalue weighted by Gasteiger charge is -2.38. The molecule has 0 atom stereocenters. The van der Waals surface area contributed by atoms with Crippen molar-refractivity contribution in [3.05, 3.63) is 69.6 Å². The second-order valence-electron chi connectivity index (χ2n) is 8.16. The lowest BCUT2D eigenvalue weighted by atomic mass is 10.0. The average Bonchev–Trinajstić information content (AvgIpc) is 3.17. The summed E-state index contributed by atoms with van der Waals surface area (Å²) in [5.74, 6) is -0.336. The number of carbonyl (C=O) groups is 1. The summed E-state index contributed by atoms with van der Waals surface area (Å²) in [4.78, 5) is 18.5. The molecular weight excluding hydrogens is 486 g/mol. The maximum atomic E-state index is 13.0. The molecule has 0 spiro atoms. The highest BCUT2D eigenvalue weighted by Crippen LogP contribution is 2.40. The number of carbonyl (C=O) groups excluding carboxylic acids is 1. The van der Waals surface area contributed by atoms with Crippen LogP contribution in [0.4, 0.5) is 10.7 Å². The predicted octanol–water partition coefficient (Wildman–Crippen LogP) is 6.38. The van der Waals surface area contributed by atoms with Crippen LogP contribution in [-0.4, -0.2) is 48.8 Å². The Kier molecular flexibility index (Phi) is 7.76. The van der Waals surface area contributed by atoms with Crippen LogP contribution in [0.3, 0.4) is 0 Å². The molecule has 0 bridgehead atoms. The largest absolute Gasteiger partial charge is 0.462 e. The number of hydrogen-bond donors (Lipinski definition) is 1. The summed E-state index contributed by atoms with van der Waals surface area (Å²) in [6, 6.07) is 15.9. The summed E-state index contributed by atoms with van der Waals surface area (Å²) >= 11 is 13.5. The number of nitrogens with one attached hydrogen (secondary N) is 1. The van der Waals surface area contributed by atoms with Crippen molar-refractivity contribution in [1.29, 1.82) is 0 Å². The van der Waals surface area contributed by atoms with Crippen molar-refractivity contribution in [2.24, 2.45) is 0 Å². The Hall–Kier alpha value is -2.61. The quantitative estimate of drug-likeness (QED) is 0.315. The zero-order valence-electron chi connectivity index (χ0n) is 19.6. The first kappa shape index (κ1) is 24.5. The Bertz CT molecular complexity index is 1190. The third kappa shape index (κ3) is 5.22. The molecule has 0 unspecified atom stereocenters. The molecule has 0 radical (unpaired) electrons. The highest BCUT2D eigenvalue weighted by Gasteiger charge is 2.27. The van der Waals surface area contributed by atoms with Gasteiger partial charge in [-0.3, -0.25) is 0 Å². The van der Waals surface area contributed by atoms with E-state index in [1.54, 1.807) is 0 Å². The van der Waals surface area contributed by atoms with Crippen LogP contribution in [0.25, 0.3) is 11.1 Å². The molecule has 1 aromatic heterocycles. The van der Waals surface area contributed by atoms with Gasteiger partial charge in [-0.2, -0.15) is 0 Å². The number of nitrogens with zero attached hydrogens (tertiary/aromatic N) is 2. The van der Waals surface area contributed by atoms with Crippen LogP contribution in [0, 0.1) is 13.8 Å². The van der Waals surface area contributed by atoms with E-state index in [9.17, 15) is 4.79 Å². The van der Waals surface area contributed by atoms with Crippen LogP contribution >= 0.6 is 35.2 Å². The molecule has 5 nitrogen and oxygen atoms in total. The topological polar surface area (TPSA) is 44.8 Å². The minimum atomic E-state index is -0.336. The highest BCUT2D eigenvalue weighted by atomic mass is 35.5. The van der Waals surface area contributed by atoms with Gasteiger partial charge in [0.15, 0.2) is 5.11 Å². The van der Waals surface area contributed by atoms with Crippen LogP contribution in [0.5, 0.6) is 0 Å². The van der Waals surface area contributed by atoms with Crippen LogP contribution in [0.2, 0.25) is 5.02 Å². The van der Waals surface area contributed by atoms with E-state index in [0.717, 1.165) is 57.9 Å². The van der Waals surface area contributed by atoms with Gasteiger partial charge in [-0.25, -0.2) is 4.79 Å². The Morgan fingerprint density at radius 2 is 1.82 bits per heavy atom. The van der Waals surface area contributed by atoms with Gasteiger partial charge in [0.25, 0.3) is 0 Å². The Labute approximate surface area is 215 Å². The molecule has 1 aliphatic heterocycles. The van der Waals surface area contributed by atoms with E-state index in [-0.39, 0.29) is 5.97 Å². The van der Waals surface area contributed by atoms with Crippen molar-refractivity contribution in [3.63, 3.8) is 0 Å². The fourth-order valence-corrected chi connectivity index (χ4v) is 5.81. The van der Waals surface area contributed by atoms with Gasteiger partial charge in [0.05, 0.1) is 6.61 Å². The van der Waals surface area contributed by atoms with E-state index in [1.165, 1.54) is 16.9 Å². The maximum Gasteiger partial charge on any atom is 0.341 e. The number of aryl methyl sites for hydroxylation is 2. The summed E-state index contributed by atoms with van der Waals surface area (Å²) in [7, 11) is 0. The van der Waals surface area contributed by atoms with E-state index >= 15 is 0 Å². The smallest absolute Gasteiger partial charge is 0.341 e. The number of hydrogen-bond acceptors (Lipinski definition) is 5. The SMILES string of the molecule is CCOC(=O)c1c(NC(=S)N2CCN(c3cc(Cl)ccc3C)CC2)sc(C)c1-c1ccccc1. The summed E-state index contributed by atoms with van der Waals surface area (Å²) in [5.41, 5.74) is 4.81. The van der Waals surface area contributed by atoms with Gasteiger partial charge in [-0.05, 0) is 56.2 Å². The molecule has 3 aromatic rings. The molecule has 2 aromatic carbocycles. The molecule has 4 rings (SSSR count). The van der Waals surface area contributed by atoms with Crippen LogP contribution in [-0.2, 0) is 4.74 Å². The van der Waals surface area contributed by atoms with Crippen molar-refractivity contribution in [2.75, 3.05) is 43.0 Å². The summed E-state index contributed by atoms with van der Waals surface area (Å²) in [6.45, 7) is 9.50. The monoisotopic (exact) mass is 513 g/mol. The Morgan fingerprint density at radius 1 is 1.12 bits per heavy atom. The fourth-order valence-electron chi connectivity index (χ4n) is 4.23. The number of anilines is 2. The summed E-state index contributed by atoms with van der Waals surface area (Å²) < 4.78 is 5.41. The minimum Gasteiger partial charge on any atom is -0.462 e.